The van der Waals surface area contributed by atoms with Crippen molar-refractivity contribution in [1.29, 1.82) is 0 Å². The molecule has 0 aromatic heterocycles. The van der Waals surface area contributed by atoms with Crippen LogP contribution in [0, 0.1) is 0 Å². The monoisotopic (exact) mass is 1250 g/mol. The molecule has 0 saturated carbocycles. The van der Waals surface area contributed by atoms with Crippen molar-refractivity contribution in [3.63, 3.8) is 0 Å². The topological polar surface area (TPSA) is 152 Å². The first kappa shape index (κ1) is 85.3. The highest BCUT2D eigenvalue weighted by Crippen LogP contribution is 2.17. The summed E-state index contributed by atoms with van der Waals surface area (Å²) in [5, 5.41) is 10.2. The van der Waals surface area contributed by atoms with Gasteiger partial charge in [0.1, 0.15) is 32.5 Å². The minimum atomic E-state index is -1.01. The van der Waals surface area contributed by atoms with Crippen LogP contribution in [0.25, 0.3) is 0 Å². The van der Waals surface area contributed by atoms with Gasteiger partial charge in [-0.1, -0.05) is 262 Å². The second kappa shape index (κ2) is 71.7. The molecule has 1 N–H and O–H groups in total. The zero-order chi connectivity index (χ0) is 64.7. The number of carbonyl (C=O) groups excluding carboxylic acids is 5. The predicted molar refractivity (Wildman–Crippen MR) is 372 cm³/mol. The Morgan fingerprint density at radius 3 is 0.652 bits per heavy atom. The van der Waals surface area contributed by atoms with E-state index in [0.29, 0.717) is 32.1 Å². The summed E-state index contributed by atoms with van der Waals surface area (Å²) in [5.41, 5.74) is 0. The molecule has 0 radical (unpaired) electrons. The third kappa shape index (κ3) is 70.0. The molecule has 0 aliphatic heterocycles. The molecular formula is C78H140O11. The lowest BCUT2D eigenvalue weighted by atomic mass is 10.1. The number of allylic oxidation sites excluding steroid dienone is 8. The Hall–Kier alpha value is -3.73. The van der Waals surface area contributed by atoms with Gasteiger partial charge in [0.2, 0.25) is 0 Å². The summed E-state index contributed by atoms with van der Waals surface area (Å²) in [7, 11) is 0. The third-order valence-electron chi connectivity index (χ3n) is 16.6. The fraction of sp³-hybridized carbons (Fsp3) is 0.833. The quantitative estimate of drug-likeness (QED) is 0.0268. The van der Waals surface area contributed by atoms with E-state index in [1.807, 2.05) is 0 Å². The maximum Gasteiger partial charge on any atom is 0.306 e. The van der Waals surface area contributed by atoms with Crippen molar-refractivity contribution in [3.8, 4) is 0 Å². The second-order valence-corrected chi connectivity index (χ2v) is 25.6. The summed E-state index contributed by atoms with van der Waals surface area (Å²) >= 11 is 0. The van der Waals surface area contributed by atoms with Crippen molar-refractivity contribution < 1.29 is 52.8 Å². The fourth-order valence-corrected chi connectivity index (χ4v) is 10.8. The van der Waals surface area contributed by atoms with Crippen LogP contribution in [0.5, 0.6) is 0 Å². The summed E-state index contributed by atoms with van der Waals surface area (Å²) in [6, 6.07) is 0. The van der Waals surface area contributed by atoms with Gasteiger partial charge in [-0.3, -0.25) is 24.0 Å². The highest BCUT2D eigenvalue weighted by atomic mass is 16.6. The molecule has 0 rings (SSSR count). The molecule has 0 heterocycles. The van der Waals surface area contributed by atoms with Crippen LogP contribution < -0.4 is 0 Å². The Kier molecular flexibility index (Phi) is 68.7. The number of ether oxygens (including phenoxy) is 5. The number of hydrogen-bond acceptors (Lipinski definition) is 11. The third-order valence-corrected chi connectivity index (χ3v) is 16.6. The molecule has 11 nitrogen and oxygen atoms in total. The Morgan fingerprint density at radius 2 is 0.427 bits per heavy atom. The standard InChI is InChI=1S/C78H140O11/c1-4-7-10-13-16-19-22-25-28-33-38-43-48-53-58-63-74(80)85-68-72(79)69-86-75(81)64-59-54-49-44-39-36-31-32-37-42-47-52-57-62-67-78(84)89-73(70-87-76(82)65-60-55-50-45-40-34-29-26-23-20-17-14-11-8-5-2)71-88-77(83)66-61-56-51-46-41-35-30-27-24-21-18-15-12-9-6-3/h25-32,72-73,79H,4-24,33-71H2,1-3H3/b28-25-,29-26-,30-27-,32-31+. The van der Waals surface area contributed by atoms with E-state index in [1.54, 1.807) is 0 Å². The highest BCUT2D eigenvalue weighted by Gasteiger charge is 2.20. The van der Waals surface area contributed by atoms with E-state index in [4.69, 9.17) is 23.7 Å². The number of esters is 5. The van der Waals surface area contributed by atoms with Crippen LogP contribution in [0.3, 0.4) is 0 Å². The molecule has 0 spiro atoms. The van der Waals surface area contributed by atoms with Crippen molar-refractivity contribution in [1.82, 2.24) is 0 Å². The Balaban J connectivity index is 4.24. The van der Waals surface area contributed by atoms with Crippen LogP contribution in [-0.4, -0.2) is 73.6 Å². The van der Waals surface area contributed by atoms with E-state index in [2.05, 4.69) is 69.4 Å². The van der Waals surface area contributed by atoms with E-state index in [0.717, 1.165) is 161 Å². The average Bonchev–Trinajstić information content (AvgIpc) is 3.60. The van der Waals surface area contributed by atoms with Gasteiger partial charge in [0.15, 0.2) is 6.10 Å². The van der Waals surface area contributed by atoms with Crippen molar-refractivity contribution in [2.45, 2.75) is 393 Å². The van der Waals surface area contributed by atoms with E-state index in [1.165, 1.54) is 161 Å². The largest absolute Gasteiger partial charge is 0.463 e. The summed E-state index contributed by atoms with van der Waals surface area (Å²) < 4.78 is 27.3. The van der Waals surface area contributed by atoms with Crippen LogP contribution in [0.15, 0.2) is 48.6 Å². The molecule has 0 bridgehead atoms. The van der Waals surface area contributed by atoms with Crippen LogP contribution in [0.2, 0.25) is 0 Å². The number of hydrogen-bond donors (Lipinski definition) is 1. The van der Waals surface area contributed by atoms with Gasteiger partial charge < -0.3 is 28.8 Å². The SMILES string of the molecule is CCCCCCCC/C=C\CCCCCCCC(=O)OCC(O)COC(=O)CCCCCCC/C=C/CCCCCCCC(=O)OC(COC(=O)CCCCCCC/C=C\CCCCCCCC)COC(=O)CCCCCCC/C=C\CCCCCCCC. The average molecular weight is 1250 g/mol. The van der Waals surface area contributed by atoms with Crippen molar-refractivity contribution >= 4 is 29.8 Å². The summed E-state index contributed by atoms with van der Waals surface area (Å²) in [5.74, 6) is -1.62. The first-order valence-corrected chi connectivity index (χ1v) is 37.8. The molecule has 0 aliphatic carbocycles. The minimum Gasteiger partial charge on any atom is -0.463 e. The molecular weight excluding hydrogens is 1110 g/mol. The summed E-state index contributed by atoms with van der Waals surface area (Å²) in [6.45, 7) is 6.22. The van der Waals surface area contributed by atoms with Crippen LogP contribution in [-0.2, 0) is 47.7 Å². The number of unbranched alkanes of at least 4 members (excludes halogenated alkanes) is 43. The zero-order valence-corrected chi connectivity index (χ0v) is 58.2. The molecule has 0 fully saturated rings. The van der Waals surface area contributed by atoms with Crippen LogP contribution >= 0.6 is 0 Å². The van der Waals surface area contributed by atoms with Gasteiger partial charge in [0.25, 0.3) is 0 Å². The second-order valence-electron chi connectivity index (χ2n) is 25.6. The molecule has 1 unspecified atom stereocenters. The van der Waals surface area contributed by atoms with Crippen molar-refractivity contribution in [2.24, 2.45) is 0 Å². The van der Waals surface area contributed by atoms with Crippen LogP contribution in [0.1, 0.15) is 380 Å². The van der Waals surface area contributed by atoms with Crippen molar-refractivity contribution in [3.05, 3.63) is 48.6 Å². The van der Waals surface area contributed by atoms with Gasteiger partial charge in [-0.25, -0.2) is 0 Å². The molecule has 0 aromatic rings. The molecule has 0 aromatic carbocycles. The first-order valence-electron chi connectivity index (χ1n) is 37.8. The molecule has 89 heavy (non-hydrogen) atoms. The molecule has 1 atom stereocenters. The molecule has 0 saturated heterocycles. The Labute approximate surface area is 547 Å². The summed E-state index contributed by atoms with van der Waals surface area (Å²) in [4.78, 5) is 62.7. The number of rotatable bonds is 70. The number of aliphatic hydroxyl groups excluding tert-OH is 1. The predicted octanol–water partition coefficient (Wildman–Crippen LogP) is 22.6. The van der Waals surface area contributed by atoms with Gasteiger partial charge >= 0.3 is 29.8 Å². The maximum atomic E-state index is 13.0. The van der Waals surface area contributed by atoms with Gasteiger partial charge in [0.05, 0.1) is 0 Å². The van der Waals surface area contributed by atoms with Crippen LogP contribution in [0.4, 0.5) is 0 Å². The molecule has 0 aliphatic rings. The molecule has 0 amide bonds. The van der Waals surface area contributed by atoms with E-state index in [-0.39, 0.29) is 62.7 Å². The maximum absolute atomic E-state index is 13.0. The smallest absolute Gasteiger partial charge is 0.306 e. The van der Waals surface area contributed by atoms with Gasteiger partial charge in [-0.2, -0.15) is 0 Å². The van der Waals surface area contributed by atoms with Gasteiger partial charge in [0, 0.05) is 32.1 Å². The number of carbonyl (C=O) groups is 5. The zero-order valence-electron chi connectivity index (χ0n) is 58.2. The highest BCUT2D eigenvalue weighted by molar-refractivity contribution is 5.71. The summed E-state index contributed by atoms with van der Waals surface area (Å²) in [6.07, 6.45) is 76.7. The molecule has 518 valence electrons. The molecule has 11 heteroatoms. The van der Waals surface area contributed by atoms with Crippen molar-refractivity contribution in [2.75, 3.05) is 26.4 Å². The normalized spacial score (nSPS) is 12.1. The Morgan fingerprint density at radius 1 is 0.247 bits per heavy atom. The lowest BCUT2D eigenvalue weighted by Crippen LogP contribution is -2.30. The minimum absolute atomic E-state index is 0.114. The Bertz CT molecular complexity index is 1630. The van der Waals surface area contributed by atoms with Gasteiger partial charge in [-0.15, -0.1) is 0 Å². The first-order chi connectivity index (χ1) is 43.7. The van der Waals surface area contributed by atoms with E-state index >= 15 is 0 Å². The lowest BCUT2D eigenvalue weighted by molar-refractivity contribution is -0.167. The van der Waals surface area contributed by atoms with Gasteiger partial charge in [-0.05, 0) is 135 Å². The number of aliphatic hydroxyl groups is 1. The lowest BCUT2D eigenvalue weighted by Gasteiger charge is -2.18. The fourth-order valence-electron chi connectivity index (χ4n) is 10.8. The van der Waals surface area contributed by atoms with E-state index < -0.39 is 12.2 Å². The van der Waals surface area contributed by atoms with E-state index in [9.17, 15) is 29.1 Å².